The summed E-state index contributed by atoms with van der Waals surface area (Å²) >= 11 is 13.8. The number of halogens is 2. The van der Waals surface area contributed by atoms with Gasteiger partial charge in [0.1, 0.15) is 11.5 Å². The van der Waals surface area contributed by atoms with E-state index in [4.69, 9.17) is 27.9 Å². The van der Waals surface area contributed by atoms with Crippen molar-refractivity contribution in [1.29, 1.82) is 0 Å². The summed E-state index contributed by atoms with van der Waals surface area (Å²) in [5, 5.41) is 4.39. The lowest BCUT2D eigenvalue weighted by Crippen LogP contribution is -3.12. The Kier molecular flexibility index (Phi) is 8.32. The molecule has 2 N–H and O–H groups in total. The zero-order valence-electron chi connectivity index (χ0n) is 18.1. The Labute approximate surface area is 201 Å². The zero-order valence-corrected chi connectivity index (χ0v) is 20.4. The van der Waals surface area contributed by atoms with E-state index >= 15 is 0 Å². The fourth-order valence-corrected chi connectivity index (χ4v) is 4.61. The van der Waals surface area contributed by atoms with Gasteiger partial charge in [0, 0.05) is 10.4 Å². The van der Waals surface area contributed by atoms with Crippen LogP contribution in [0.15, 0.2) is 54.6 Å². The summed E-state index contributed by atoms with van der Waals surface area (Å²) in [4.78, 5) is 27.4. The minimum Gasteiger partial charge on any atom is -0.462 e. The van der Waals surface area contributed by atoms with E-state index in [9.17, 15) is 9.59 Å². The van der Waals surface area contributed by atoms with Crippen LogP contribution in [0.1, 0.15) is 29.8 Å². The molecule has 0 fully saturated rings. The number of hydrogen-bond acceptors (Lipinski definition) is 4. The Morgan fingerprint density at radius 3 is 2.53 bits per heavy atom. The molecule has 0 saturated heterocycles. The van der Waals surface area contributed by atoms with Crippen molar-refractivity contribution >= 4 is 51.4 Å². The van der Waals surface area contributed by atoms with Crippen LogP contribution in [0.4, 0.5) is 5.00 Å². The standard InChI is InChI=1S/C24H24Cl2N2O3S/c1-4-31-24(30)18-13-20(16-9-6-5-7-10-16)32-23(18)27-22(29)15(2)28(3)14-17-11-8-12-19(25)21(17)26/h5-13,15H,4,14H2,1-3H3,(H,27,29)/p+1/t15-/m1/s1. The minimum absolute atomic E-state index is 0.201. The van der Waals surface area contributed by atoms with Crippen molar-refractivity contribution in [3.05, 3.63) is 75.8 Å². The molecule has 0 bridgehead atoms. The number of hydrogen-bond donors (Lipinski definition) is 2. The van der Waals surface area contributed by atoms with E-state index in [1.165, 1.54) is 11.3 Å². The Hall–Kier alpha value is -2.38. The quantitative estimate of drug-likeness (QED) is 0.438. The van der Waals surface area contributed by atoms with Crippen molar-refractivity contribution in [3.63, 3.8) is 0 Å². The second-order valence-corrected chi connectivity index (χ2v) is 9.22. The van der Waals surface area contributed by atoms with Gasteiger partial charge in [0.25, 0.3) is 5.91 Å². The molecule has 2 aromatic carbocycles. The van der Waals surface area contributed by atoms with Gasteiger partial charge >= 0.3 is 5.97 Å². The van der Waals surface area contributed by atoms with Crippen LogP contribution in [0.2, 0.25) is 10.0 Å². The topological polar surface area (TPSA) is 59.8 Å². The van der Waals surface area contributed by atoms with Crippen LogP contribution < -0.4 is 10.2 Å². The number of carbonyl (C=O) groups excluding carboxylic acids is 2. The van der Waals surface area contributed by atoms with E-state index in [1.54, 1.807) is 19.1 Å². The van der Waals surface area contributed by atoms with Crippen LogP contribution >= 0.6 is 34.5 Å². The number of benzene rings is 2. The molecule has 0 aliphatic rings. The molecule has 1 aromatic heterocycles. The second kappa shape index (κ2) is 11.0. The van der Waals surface area contributed by atoms with E-state index < -0.39 is 12.0 Å². The molecule has 0 radical (unpaired) electrons. The van der Waals surface area contributed by atoms with Gasteiger partial charge in [0.05, 0.1) is 29.3 Å². The fourth-order valence-electron chi connectivity index (χ4n) is 3.17. The SMILES string of the molecule is CCOC(=O)c1cc(-c2ccccc2)sc1NC(=O)[C@@H](C)[NH+](C)Cc1cccc(Cl)c1Cl. The van der Waals surface area contributed by atoms with Crippen molar-refractivity contribution in [1.82, 2.24) is 0 Å². The van der Waals surface area contributed by atoms with E-state index in [1.807, 2.05) is 56.4 Å². The number of nitrogens with one attached hydrogen (secondary N) is 2. The number of rotatable bonds is 8. The summed E-state index contributed by atoms with van der Waals surface area (Å²) in [5.41, 5.74) is 2.19. The maximum absolute atomic E-state index is 13.0. The van der Waals surface area contributed by atoms with Crippen LogP contribution in [-0.4, -0.2) is 31.6 Å². The number of anilines is 1. The van der Waals surface area contributed by atoms with Crippen molar-refractivity contribution in [3.8, 4) is 10.4 Å². The highest BCUT2D eigenvalue weighted by Crippen LogP contribution is 2.36. The maximum atomic E-state index is 13.0. The number of likely N-dealkylation sites (N-methyl/N-ethyl adjacent to an activating group) is 1. The normalized spacial score (nSPS) is 12.8. The van der Waals surface area contributed by atoms with Crippen molar-refractivity contribution in [2.45, 2.75) is 26.4 Å². The smallest absolute Gasteiger partial charge is 0.341 e. The molecule has 3 aromatic rings. The largest absolute Gasteiger partial charge is 0.462 e. The second-order valence-electron chi connectivity index (χ2n) is 7.39. The van der Waals surface area contributed by atoms with Crippen molar-refractivity contribution < 1.29 is 19.2 Å². The Balaban J connectivity index is 1.80. The van der Waals surface area contributed by atoms with Crippen LogP contribution in [0.25, 0.3) is 10.4 Å². The first-order valence-electron chi connectivity index (χ1n) is 10.2. The van der Waals surface area contributed by atoms with E-state index in [2.05, 4.69) is 5.32 Å². The molecule has 1 unspecified atom stereocenters. The first-order chi connectivity index (χ1) is 15.3. The molecular weight excluding hydrogens is 467 g/mol. The average Bonchev–Trinajstić information content (AvgIpc) is 3.21. The van der Waals surface area contributed by atoms with Gasteiger partial charge in [-0.1, -0.05) is 65.7 Å². The highest BCUT2D eigenvalue weighted by Gasteiger charge is 2.26. The lowest BCUT2D eigenvalue weighted by atomic mass is 10.1. The molecule has 8 heteroatoms. The van der Waals surface area contributed by atoms with Gasteiger partial charge in [-0.2, -0.15) is 0 Å². The van der Waals surface area contributed by atoms with E-state index in [0.29, 0.717) is 27.2 Å². The number of carbonyl (C=O) groups is 2. The first-order valence-corrected chi connectivity index (χ1v) is 11.8. The fraction of sp³-hybridized carbons (Fsp3) is 0.250. The number of thiophene rings is 1. The van der Waals surface area contributed by atoms with Crippen LogP contribution in [0, 0.1) is 0 Å². The molecule has 1 heterocycles. The van der Waals surface area contributed by atoms with E-state index in [0.717, 1.165) is 20.9 Å². The number of ether oxygens (including phenoxy) is 1. The van der Waals surface area contributed by atoms with Gasteiger partial charge in [-0.25, -0.2) is 4.79 Å². The van der Waals surface area contributed by atoms with Crippen LogP contribution in [0.5, 0.6) is 0 Å². The summed E-state index contributed by atoms with van der Waals surface area (Å²) in [7, 11) is 1.91. The third-order valence-corrected chi connectivity index (χ3v) is 7.11. The summed E-state index contributed by atoms with van der Waals surface area (Å²) < 4.78 is 5.19. The number of amides is 1. The Morgan fingerprint density at radius 2 is 1.84 bits per heavy atom. The predicted octanol–water partition coefficient (Wildman–Crippen LogP) is 4.94. The molecule has 0 spiro atoms. The highest BCUT2D eigenvalue weighted by molar-refractivity contribution is 7.20. The van der Waals surface area contributed by atoms with E-state index in [-0.39, 0.29) is 12.5 Å². The summed E-state index contributed by atoms with van der Waals surface area (Å²) in [6.45, 7) is 4.37. The average molecular weight is 492 g/mol. The van der Waals surface area contributed by atoms with Gasteiger partial charge in [-0.05, 0) is 31.5 Å². The summed E-state index contributed by atoms with van der Waals surface area (Å²) in [6.07, 6.45) is 0. The Bertz CT molecular complexity index is 1100. The summed E-state index contributed by atoms with van der Waals surface area (Å²) in [5.74, 6) is -0.659. The molecular formula is C24H25Cl2N2O3S+. The van der Waals surface area contributed by atoms with Gasteiger partial charge in [0.2, 0.25) is 0 Å². The molecule has 2 atom stereocenters. The van der Waals surface area contributed by atoms with Gasteiger partial charge < -0.3 is 15.0 Å². The van der Waals surface area contributed by atoms with Crippen LogP contribution in [-0.2, 0) is 16.1 Å². The Morgan fingerprint density at radius 1 is 1.12 bits per heavy atom. The molecule has 0 aliphatic carbocycles. The lowest BCUT2D eigenvalue weighted by Gasteiger charge is -2.21. The molecule has 0 aliphatic heterocycles. The van der Waals surface area contributed by atoms with Gasteiger partial charge in [0.15, 0.2) is 6.04 Å². The highest BCUT2D eigenvalue weighted by atomic mass is 35.5. The molecule has 5 nitrogen and oxygen atoms in total. The van der Waals surface area contributed by atoms with Crippen molar-refractivity contribution in [2.24, 2.45) is 0 Å². The van der Waals surface area contributed by atoms with Gasteiger partial charge in [-0.15, -0.1) is 11.3 Å². The minimum atomic E-state index is -0.458. The first kappa shape index (κ1) is 24.3. The molecule has 0 saturated carbocycles. The molecule has 168 valence electrons. The summed E-state index contributed by atoms with van der Waals surface area (Å²) in [6, 6.07) is 16.5. The van der Waals surface area contributed by atoms with Crippen LogP contribution in [0.3, 0.4) is 0 Å². The predicted molar refractivity (Wildman–Crippen MR) is 131 cm³/mol. The lowest BCUT2D eigenvalue weighted by molar-refractivity contribution is -0.907. The maximum Gasteiger partial charge on any atom is 0.341 e. The third kappa shape index (κ3) is 5.70. The third-order valence-electron chi connectivity index (χ3n) is 5.16. The molecule has 32 heavy (non-hydrogen) atoms. The van der Waals surface area contributed by atoms with Crippen molar-refractivity contribution in [2.75, 3.05) is 19.0 Å². The van der Waals surface area contributed by atoms with Gasteiger partial charge in [-0.3, -0.25) is 4.79 Å². The number of esters is 1. The molecule has 1 amide bonds. The monoisotopic (exact) mass is 491 g/mol. The molecule has 3 rings (SSSR count). The number of quaternary nitrogens is 1. The zero-order chi connectivity index (χ0) is 23.3.